The van der Waals surface area contributed by atoms with Gasteiger partial charge in [0.05, 0.1) is 19.3 Å². The lowest BCUT2D eigenvalue weighted by molar-refractivity contribution is -0.181. The van der Waals surface area contributed by atoms with Gasteiger partial charge in [-0.15, -0.1) is 6.58 Å². The minimum absolute atomic E-state index is 0.0236. The van der Waals surface area contributed by atoms with Crippen molar-refractivity contribution >= 4 is 14.3 Å². The van der Waals surface area contributed by atoms with Crippen molar-refractivity contribution in [1.82, 2.24) is 0 Å². The number of ether oxygens (including phenoxy) is 1. The molecule has 1 fully saturated rings. The highest BCUT2D eigenvalue weighted by molar-refractivity contribution is 6.74. The summed E-state index contributed by atoms with van der Waals surface area (Å²) in [5.41, 5.74) is -1.60. The van der Waals surface area contributed by atoms with Crippen LogP contribution >= 0.6 is 0 Å². The number of carbonyl (C=O) groups excluding carboxylic acids is 1. The van der Waals surface area contributed by atoms with Crippen LogP contribution < -0.4 is 0 Å². The number of rotatable bonds is 6. The van der Waals surface area contributed by atoms with Gasteiger partial charge in [0.15, 0.2) is 13.9 Å². The number of methoxy groups -OCH3 is 1. The van der Waals surface area contributed by atoms with Gasteiger partial charge in [-0.2, -0.15) is 0 Å². The Morgan fingerprint density at radius 2 is 1.96 bits per heavy atom. The quantitative estimate of drug-likeness (QED) is 0.434. The lowest BCUT2D eigenvalue weighted by Gasteiger charge is -2.47. The third-order valence-corrected chi connectivity index (χ3v) is 10.1. The summed E-state index contributed by atoms with van der Waals surface area (Å²) in [6.45, 7) is 14.3. The van der Waals surface area contributed by atoms with Gasteiger partial charge in [0.2, 0.25) is 0 Å². The normalized spacial score (nSPS) is 31.6. The number of allylic oxidation sites excluding steroid dienone is 1. The summed E-state index contributed by atoms with van der Waals surface area (Å²) in [6.07, 6.45) is 2.13. The van der Waals surface area contributed by atoms with E-state index in [1.165, 1.54) is 7.11 Å². The molecule has 0 saturated heterocycles. The van der Waals surface area contributed by atoms with Gasteiger partial charge < -0.3 is 19.4 Å². The number of aliphatic hydroxyl groups is 2. The van der Waals surface area contributed by atoms with E-state index in [9.17, 15) is 15.0 Å². The summed E-state index contributed by atoms with van der Waals surface area (Å²) in [5.74, 6) is -0.877. The Kier molecular flexibility index (Phi) is 6.83. The maximum absolute atomic E-state index is 12.1. The van der Waals surface area contributed by atoms with Crippen molar-refractivity contribution in [2.45, 2.75) is 82.4 Å². The van der Waals surface area contributed by atoms with Crippen LogP contribution in [0.3, 0.4) is 0 Å². The highest BCUT2D eigenvalue weighted by Gasteiger charge is 2.52. The van der Waals surface area contributed by atoms with Gasteiger partial charge in [-0.05, 0) is 43.3 Å². The van der Waals surface area contributed by atoms with E-state index in [0.29, 0.717) is 12.8 Å². The number of esters is 1. The molecule has 0 spiro atoms. The summed E-state index contributed by atoms with van der Waals surface area (Å²) < 4.78 is 11.1. The molecule has 0 aliphatic heterocycles. The molecule has 1 aliphatic carbocycles. The zero-order valence-electron chi connectivity index (χ0n) is 16.0. The minimum Gasteiger partial charge on any atom is -0.467 e. The molecule has 5 nitrogen and oxygen atoms in total. The lowest BCUT2D eigenvalue weighted by Crippen LogP contribution is -2.58. The molecule has 0 aromatic rings. The van der Waals surface area contributed by atoms with Crippen LogP contribution in [0.2, 0.25) is 18.1 Å². The molecule has 0 aromatic heterocycles. The fourth-order valence-electron chi connectivity index (χ4n) is 3.02. The van der Waals surface area contributed by atoms with Crippen molar-refractivity contribution in [2.24, 2.45) is 5.92 Å². The van der Waals surface area contributed by atoms with Crippen LogP contribution in [0.15, 0.2) is 12.7 Å². The maximum Gasteiger partial charge on any atom is 0.337 e. The predicted molar refractivity (Wildman–Crippen MR) is 97.2 cm³/mol. The van der Waals surface area contributed by atoms with Gasteiger partial charge in [-0.25, -0.2) is 4.79 Å². The molecule has 24 heavy (non-hydrogen) atoms. The summed E-state index contributed by atoms with van der Waals surface area (Å²) in [7, 11) is -0.874. The van der Waals surface area contributed by atoms with Crippen LogP contribution in [-0.4, -0.2) is 49.4 Å². The molecule has 0 aromatic carbocycles. The van der Waals surface area contributed by atoms with E-state index in [1.54, 1.807) is 6.08 Å². The van der Waals surface area contributed by atoms with Crippen LogP contribution in [0.1, 0.15) is 46.5 Å². The molecule has 1 saturated carbocycles. The van der Waals surface area contributed by atoms with Crippen LogP contribution in [0.25, 0.3) is 0 Å². The van der Waals surface area contributed by atoms with Crippen LogP contribution in [0, 0.1) is 5.92 Å². The highest BCUT2D eigenvalue weighted by atomic mass is 28.4. The lowest BCUT2D eigenvalue weighted by atomic mass is 9.73. The number of aliphatic hydroxyl groups excluding tert-OH is 1. The summed E-state index contributed by atoms with van der Waals surface area (Å²) in [4.78, 5) is 12.1. The number of carbonyl (C=O) groups is 1. The first kappa shape index (κ1) is 21.3. The first-order chi connectivity index (χ1) is 10.9. The van der Waals surface area contributed by atoms with E-state index in [0.717, 1.165) is 0 Å². The van der Waals surface area contributed by atoms with Gasteiger partial charge in [-0.3, -0.25) is 0 Å². The zero-order chi connectivity index (χ0) is 18.8. The third kappa shape index (κ3) is 4.68. The summed E-state index contributed by atoms with van der Waals surface area (Å²) in [5, 5.41) is 21.6. The first-order valence-electron chi connectivity index (χ1n) is 8.65. The molecule has 0 unspecified atom stereocenters. The second-order valence-corrected chi connectivity index (χ2v) is 13.2. The van der Waals surface area contributed by atoms with Gasteiger partial charge in [0.1, 0.15) is 0 Å². The SMILES string of the molecule is C=CCC[C@H]1C[C@@](O)(C(=O)OC)C[C@@H](O[Si](C)(C)C(C)(C)C)[C@@H]1O. The summed E-state index contributed by atoms with van der Waals surface area (Å²) >= 11 is 0. The van der Waals surface area contributed by atoms with Crippen LogP contribution in [0.5, 0.6) is 0 Å². The minimum atomic E-state index is -2.15. The Labute approximate surface area is 147 Å². The molecule has 0 heterocycles. The molecule has 6 heteroatoms. The van der Waals surface area contributed by atoms with Crippen molar-refractivity contribution in [3.63, 3.8) is 0 Å². The zero-order valence-corrected chi connectivity index (χ0v) is 17.0. The number of hydrogen-bond acceptors (Lipinski definition) is 5. The Morgan fingerprint density at radius 1 is 1.38 bits per heavy atom. The Balaban J connectivity index is 3.07. The van der Waals surface area contributed by atoms with Crippen molar-refractivity contribution in [1.29, 1.82) is 0 Å². The molecular weight excluding hydrogens is 324 g/mol. The molecule has 140 valence electrons. The average molecular weight is 359 g/mol. The second-order valence-electron chi connectivity index (χ2n) is 8.46. The molecule has 2 N–H and O–H groups in total. The molecular formula is C18H34O5Si. The van der Waals surface area contributed by atoms with Crippen LogP contribution in [0.4, 0.5) is 0 Å². The van der Waals surface area contributed by atoms with E-state index in [2.05, 4.69) is 40.4 Å². The van der Waals surface area contributed by atoms with Crippen molar-refractivity contribution in [3.05, 3.63) is 12.7 Å². The van der Waals surface area contributed by atoms with E-state index in [4.69, 9.17) is 9.16 Å². The topological polar surface area (TPSA) is 76.0 Å². The summed E-state index contributed by atoms with van der Waals surface area (Å²) in [6, 6.07) is 0. The van der Waals surface area contributed by atoms with E-state index < -0.39 is 32.1 Å². The third-order valence-electron chi connectivity index (χ3n) is 5.56. The van der Waals surface area contributed by atoms with Gasteiger partial charge in [0.25, 0.3) is 0 Å². The first-order valence-corrected chi connectivity index (χ1v) is 11.6. The van der Waals surface area contributed by atoms with Crippen molar-refractivity contribution in [3.8, 4) is 0 Å². The second kappa shape index (κ2) is 7.68. The van der Waals surface area contributed by atoms with E-state index >= 15 is 0 Å². The largest absolute Gasteiger partial charge is 0.467 e. The maximum atomic E-state index is 12.1. The van der Waals surface area contributed by atoms with Crippen molar-refractivity contribution < 1.29 is 24.2 Å². The average Bonchev–Trinajstić information content (AvgIpc) is 2.46. The molecule has 0 radical (unpaired) electrons. The monoisotopic (exact) mass is 358 g/mol. The Bertz CT molecular complexity index is 457. The van der Waals surface area contributed by atoms with Crippen molar-refractivity contribution in [2.75, 3.05) is 7.11 Å². The molecule has 0 amide bonds. The highest BCUT2D eigenvalue weighted by Crippen LogP contribution is 2.43. The van der Waals surface area contributed by atoms with Gasteiger partial charge >= 0.3 is 5.97 Å². The molecule has 1 aliphatic rings. The van der Waals surface area contributed by atoms with E-state index in [-0.39, 0.29) is 23.8 Å². The van der Waals surface area contributed by atoms with E-state index in [1.807, 2.05) is 0 Å². The fraction of sp³-hybridized carbons (Fsp3) is 0.833. The fourth-order valence-corrected chi connectivity index (χ4v) is 4.36. The van der Waals surface area contributed by atoms with Gasteiger partial charge in [-0.1, -0.05) is 26.8 Å². The molecule has 4 atom stereocenters. The Hall–Kier alpha value is -0.693. The van der Waals surface area contributed by atoms with Crippen LogP contribution in [-0.2, 0) is 14.0 Å². The molecule has 0 bridgehead atoms. The Morgan fingerprint density at radius 3 is 2.42 bits per heavy atom. The molecule has 1 rings (SSSR count). The van der Waals surface area contributed by atoms with Gasteiger partial charge in [0, 0.05) is 6.42 Å². The smallest absolute Gasteiger partial charge is 0.337 e. The predicted octanol–water partition coefficient (Wildman–Crippen LogP) is 3.02. The standard InChI is InChI=1S/C18H34O5Si/c1-8-9-10-13-11-18(21,16(20)22-5)12-14(15(13)19)23-24(6,7)17(2,3)4/h8,13-15,19,21H,1,9-12H2,2-7H3/t13-,14+,15+,18-/m0/s1. The number of hydrogen-bond donors (Lipinski definition) is 2.